The summed E-state index contributed by atoms with van der Waals surface area (Å²) in [6.45, 7) is 6.85. The first-order chi connectivity index (χ1) is 15.3. The lowest BCUT2D eigenvalue weighted by atomic mass is 9.76. The van der Waals surface area contributed by atoms with Gasteiger partial charge in [0, 0.05) is 27.8 Å². The smallest absolute Gasteiger partial charge is 0.342 e. The lowest BCUT2D eigenvalue weighted by molar-refractivity contribution is -0.111. The van der Waals surface area contributed by atoms with E-state index in [4.69, 9.17) is 9.47 Å². The Labute approximate surface area is 183 Å². The van der Waals surface area contributed by atoms with Crippen LogP contribution in [-0.2, 0) is 15.1 Å². The zero-order valence-corrected chi connectivity index (χ0v) is 17.4. The van der Waals surface area contributed by atoms with Gasteiger partial charge in [0.15, 0.2) is 5.60 Å². The fraction of sp³-hybridized carbons (Fsp3) is 0.120. The van der Waals surface area contributed by atoms with E-state index in [9.17, 15) is 19.8 Å². The molecule has 2 aliphatic rings. The number of carbonyl (C=O) groups is 2. The zero-order chi connectivity index (χ0) is 22.8. The molecule has 7 nitrogen and oxygen atoms in total. The summed E-state index contributed by atoms with van der Waals surface area (Å²) in [7, 11) is 0. The second-order valence-corrected chi connectivity index (χ2v) is 7.77. The van der Waals surface area contributed by atoms with Crippen molar-refractivity contribution in [3.63, 3.8) is 0 Å². The number of hydrogen-bond donors (Lipinski definition) is 3. The highest BCUT2D eigenvalue weighted by Gasteiger charge is 2.55. The molecule has 0 saturated heterocycles. The highest BCUT2D eigenvalue weighted by atomic mass is 16.6. The fourth-order valence-electron chi connectivity index (χ4n) is 4.43. The van der Waals surface area contributed by atoms with E-state index in [-0.39, 0.29) is 17.1 Å². The molecule has 32 heavy (non-hydrogen) atoms. The summed E-state index contributed by atoms with van der Waals surface area (Å²) in [6.07, 6.45) is 1.12. The van der Waals surface area contributed by atoms with Gasteiger partial charge in [0.1, 0.15) is 23.0 Å². The number of anilines is 1. The van der Waals surface area contributed by atoms with Crippen LogP contribution in [0.3, 0.4) is 0 Å². The number of benzene rings is 3. The van der Waals surface area contributed by atoms with Gasteiger partial charge in [-0.25, -0.2) is 4.79 Å². The van der Waals surface area contributed by atoms with Gasteiger partial charge in [-0.05, 0) is 50.3 Å². The van der Waals surface area contributed by atoms with Gasteiger partial charge in [0.25, 0.3) is 0 Å². The normalized spacial score (nSPS) is 14.6. The van der Waals surface area contributed by atoms with Crippen molar-refractivity contribution < 1.29 is 29.3 Å². The molecule has 7 heteroatoms. The Morgan fingerprint density at radius 1 is 0.969 bits per heavy atom. The van der Waals surface area contributed by atoms with Crippen LogP contribution in [0.1, 0.15) is 38.2 Å². The van der Waals surface area contributed by atoms with Crippen molar-refractivity contribution in [1.82, 2.24) is 0 Å². The molecule has 0 fully saturated rings. The summed E-state index contributed by atoms with van der Waals surface area (Å²) in [5.74, 6) is -0.343. The number of rotatable bonds is 2. The molecule has 0 unspecified atom stereocenters. The predicted octanol–water partition coefficient (Wildman–Crippen LogP) is 4.41. The number of nitrogens with one attached hydrogen (secondary N) is 1. The minimum absolute atomic E-state index is 0.0247. The second-order valence-electron chi connectivity index (χ2n) is 7.77. The molecule has 0 saturated carbocycles. The number of fused-ring (bicyclic) bond motifs is 6. The Kier molecular flexibility index (Phi) is 4.07. The van der Waals surface area contributed by atoms with E-state index >= 15 is 0 Å². The van der Waals surface area contributed by atoms with Crippen molar-refractivity contribution in [1.29, 1.82) is 0 Å². The largest absolute Gasteiger partial charge is 0.508 e. The molecule has 5 rings (SSSR count). The first kappa shape index (κ1) is 19.7. The van der Waals surface area contributed by atoms with Crippen LogP contribution < -0.4 is 10.1 Å². The molecule has 0 radical (unpaired) electrons. The third-order valence-corrected chi connectivity index (χ3v) is 6.05. The maximum Gasteiger partial charge on any atom is 0.342 e. The molecule has 0 atom stereocenters. The van der Waals surface area contributed by atoms with Crippen molar-refractivity contribution in [2.24, 2.45) is 0 Å². The number of hydrogen-bond acceptors (Lipinski definition) is 6. The summed E-state index contributed by atoms with van der Waals surface area (Å²) in [4.78, 5) is 25.2. The summed E-state index contributed by atoms with van der Waals surface area (Å²) in [6, 6.07) is 11.4. The maximum absolute atomic E-state index is 13.2. The van der Waals surface area contributed by atoms with E-state index in [0.29, 0.717) is 45.0 Å². The van der Waals surface area contributed by atoms with E-state index in [2.05, 4.69) is 11.9 Å². The van der Waals surface area contributed by atoms with E-state index in [0.717, 1.165) is 6.08 Å². The topological polar surface area (TPSA) is 105 Å². The Morgan fingerprint density at radius 2 is 1.56 bits per heavy atom. The number of esters is 1. The molecule has 0 bridgehead atoms. The molecule has 1 amide bonds. The summed E-state index contributed by atoms with van der Waals surface area (Å²) in [5, 5.41) is 23.3. The van der Waals surface area contributed by atoms with Crippen LogP contribution in [0.25, 0.3) is 0 Å². The lowest BCUT2D eigenvalue weighted by Gasteiger charge is -2.37. The van der Waals surface area contributed by atoms with Crippen LogP contribution >= 0.6 is 0 Å². The molecule has 0 aliphatic carbocycles. The SMILES string of the molecule is C=CC(=O)Nc1cccc2c1C(=O)OC21c2ccc(O)c(C)c2Oc2c1ccc(O)c2C. The van der Waals surface area contributed by atoms with Crippen LogP contribution in [0.2, 0.25) is 0 Å². The minimum atomic E-state index is -1.39. The van der Waals surface area contributed by atoms with Gasteiger partial charge in [0.05, 0.1) is 11.3 Å². The van der Waals surface area contributed by atoms with Crippen LogP contribution in [0.4, 0.5) is 5.69 Å². The number of aromatic hydroxyl groups is 2. The van der Waals surface area contributed by atoms with E-state index in [1.54, 1.807) is 44.2 Å². The van der Waals surface area contributed by atoms with E-state index < -0.39 is 17.5 Å². The molecule has 160 valence electrons. The zero-order valence-electron chi connectivity index (χ0n) is 17.4. The molecule has 1 spiro atoms. The fourth-order valence-corrected chi connectivity index (χ4v) is 4.43. The van der Waals surface area contributed by atoms with Gasteiger partial charge >= 0.3 is 5.97 Å². The Balaban J connectivity index is 1.88. The minimum Gasteiger partial charge on any atom is -0.508 e. The van der Waals surface area contributed by atoms with Crippen molar-refractivity contribution in [2.75, 3.05) is 5.32 Å². The summed E-state index contributed by atoms with van der Waals surface area (Å²) >= 11 is 0. The molecule has 0 aromatic heterocycles. The van der Waals surface area contributed by atoms with Gasteiger partial charge in [-0.3, -0.25) is 4.79 Å². The van der Waals surface area contributed by atoms with E-state index in [1.807, 2.05) is 0 Å². The average molecular weight is 429 g/mol. The van der Waals surface area contributed by atoms with Crippen molar-refractivity contribution >= 4 is 17.6 Å². The molecular weight excluding hydrogens is 410 g/mol. The lowest BCUT2D eigenvalue weighted by Crippen LogP contribution is -2.33. The molecule has 3 aromatic rings. The number of phenolic OH excluding ortho intramolecular Hbond substituents is 2. The Morgan fingerprint density at radius 3 is 2.12 bits per heavy atom. The van der Waals surface area contributed by atoms with Crippen LogP contribution in [-0.4, -0.2) is 22.1 Å². The number of amides is 1. The summed E-state index contributed by atoms with van der Waals surface area (Å²) < 4.78 is 12.3. The first-order valence-electron chi connectivity index (χ1n) is 9.93. The number of phenols is 2. The van der Waals surface area contributed by atoms with Crippen LogP contribution in [0.5, 0.6) is 23.0 Å². The van der Waals surface area contributed by atoms with Crippen molar-refractivity contribution in [3.05, 3.63) is 88.5 Å². The number of ether oxygens (including phenoxy) is 2. The average Bonchev–Trinajstić information content (AvgIpc) is 3.07. The maximum atomic E-state index is 13.2. The molecule has 2 aliphatic heterocycles. The van der Waals surface area contributed by atoms with Crippen LogP contribution in [0.15, 0.2) is 55.1 Å². The van der Waals surface area contributed by atoms with Crippen molar-refractivity contribution in [3.8, 4) is 23.0 Å². The molecule has 3 aromatic carbocycles. The number of carbonyl (C=O) groups excluding carboxylic acids is 2. The van der Waals surface area contributed by atoms with Gasteiger partial charge in [-0.15, -0.1) is 0 Å². The predicted molar refractivity (Wildman–Crippen MR) is 116 cm³/mol. The Hall–Kier alpha value is -4.26. The van der Waals surface area contributed by atoms with Gasteiger partial charge < -0.3 is 25.0 Å². The molecule has 3 N–H and O–H groups in total. The second kappa shape index (κ2) is 6.62. The quantitative estimate of drug-likeness (QED) is 0.412. The third kappa shape index (κ3) is 2.42. The molecular formula is C25H19NO6. The standard InChI is InChI=1S/C25H19NO6/c1-4-20(29)26-17-7-5-6-14-21(17)24(30)32-25(14)15-8-10-18(27)12(2)22(15)31-23-13(3)19(28)11-9-16(23)25/h4-11,27-28H,1H2,2-3H3,(H,26,29). The highest BCUT2D eigenvalue weighted by Crippen LogP contribution is 2.59. The van der Waals surface area contributed by atoms with Crippen molar-refractivity contribution in [2.45, 2.75) is 19.4 Å². The van der Waals surface area contributed by atoms with Gasteiger partial charge in [0.2, 0.25) is 5.91 Å². The first-order valence-corrected chi connectivity index (χ1v) is 9.93. The Bertz CT molecular complexity index is 1300. The van der Waals surface area contributed by atoms with Gasteiger partial charge in [-0.2, -0.15) is 0 Å². The van der Waals surface area contributed by atoms with Crippen LogP contribution in [0, 0.1) is 13.8 Å². The van der Waals surface area contributed by atoms with Gasteiger partial charge in [-0.1, -0.05) is 18.7 Å². The monoisotopic (exact) mass is 429 g/mol. The molecule has 2 heterocycles. The van der Waals surface area contributed by atoms with E-state index in [1.165, 1.54) is 12.1 Å². The summed E-state index contributed by atoms with van der Waals surface area (Å²) in [5.41, 5.74) is 1.65. The highest BCUT2D eigenvalue weighted by molar-refractivity contribution is 6.08. The third-order valence-electron chi connectivity index (χ3n) is 6.05.